The van der Waals surface area contributed by atoms with Crippen molar-refractivity contribution in [2.24, 2.45) is 5.73 Å². The second kappa shape index (κ2) is 5.78. The third kappa shape index (κ3) is 2.83. The van der Waals surface area contributed by atoms with Crippen LogP contribution in [-0.4, -0.2) is 26.8 Å². The van der Waals surface area contributed by atoms with Crippen LogP contribution < -0.4 is 10.5 Å². The van der Waals surface area contributed by atoms with Crippen LogP contribution in [0.25, 0.3) is 0 Å². The third-order valence-corrected chi connectivity index (χ3v) is 1.96. The molecule has 0 saturated heterocycles. The number of esters is 1. The molecule has 2 heterocycles. The fraction of sp³-hybridized carbons (Fsp3) is 0. The molecule has 0 aliphatic carbocycles. The molecule has 0 aromatic carbocycles. The molecular formula is C10H9ClN4O3. The molecule has 0 atom stereocenters. The number of hydrogen-bond acceptors (Lipinski definition) is 5. The van der Waals surface area contributed by atoms with Crippen molar-refractivity contribution in [3.8, 4) is 5.88 Å². The lowest BCUT2D eigenvalue weighted by Gasteiger charge is -2.01. The molecule has 2 aromatic heterocycles. The minimum Gasteiger partial charge on any atom is -0.401 e. The minimum absolute atomic E-state index is 0. The number of nitrogens with zero attached hydrogens (tertiary/aromatic N) is 2. The van der Waals surface area contributed by atoms with Crippen LogP contribution in [0.15, 0.2) is 30.9 Å². The van der Waals surface area contributed by atoms with E-state index in [1.807, 2.05) is 0 Å². The highest BCUT2D eigenvalue weighted by molar-refractivity contribution is 5.96. The number of pyridine rings is 1. The molecular weight excluding hydrogens is 260 g/mol. The van der Waals surface area contributed by atoms with E-state index < -0.39 is 11.9 Å². The van der Waals surface area contributed by atoms with Gasteiger partial charge in [0.2, 0.25) is 0 Å². The Morgan fingerprint density at radius 3 is 2.56 bits per heavy atom. The number of carbonyl (C=O) groups is 2. The minimum atomic E-state index is -0.750. The Kier molecular flexibility index (Phi) is 4.39. The van der Waals surface area contributed by atoms with E-state index in [0.717, 1.165) is 0 Å². The van der Waals surface area contributed by atoms with Gasteiger partial charge in [-0.25, -0.2) is 9.78 Å². The van der Waals surface area contributed by atoms with Crippen molar-refractivity contribution in [1.82, 2.24) is 15.0 Å². The van der Waals surface area contributed by atoms with Gasteiger partial charge in [-0.15, -0.1) is 12.4 Å². The van der Waals surface area contributed by atoms with Crippen LogP contribution in [0.1, 0.15) is 20.8 Å². The molecule has 0 aliphatic heterocycles. The quantitative estimate of drug-likeness (QED) is 0.790. The highest BCUT2D eigenvalue weighted by Crippen LogP contribution is 2.13. The van der Waals surface area contributed by atoms with Crippen molar-refractivity contribution in [1.29, 1.82) is 0 Å². The van der Waals surface area contributed by atoms with E-state index in [9.17, 15) is 9.59 Å². The summed E-state index contributed by atoms with van der Waals surface area (Å²) in [7, 11) is 0. The van der Waals surface area contributed by atoms with Gasteiger partial charge in [0.15, 0.2) is 5.69 Å². The first-order chi connectivity index (χ1) is 8.18. The molecule has 0 bridgehead atoms. The number of primary amides is 1. The Labute approximate surface area is 108 Å². The molecule has 94 valence electrons. The number of rotatable bonds is 3. The van der Waals surface area contributed by atoms with Gasteiger partial charge in [0, 0.05) is 12.4 Å². The van der Waals surface area contributed by atoms with Crippen LogP contribution in [0.4, 0.5) is 0 Å². The van der Waals surface area contributed by atoms with Gasteiger partial charge in [-0.2, -0.15) is 0 Å². The van der Waals surface area contributed by atoms with E-state index in [-0.39, 0.29) is 24.0 Å². The van der Waals surface area contributed by atoms with Gasteiger partial charge >= 0.3 is 5.97 Å². The lowest BCUT2D eigenvalue weighted by atomic mass is 10.3. The molecule has 0 radical (unpaired) electrons. The predicted molar refractivity (Wildman–Crippen MR) is 63.5 cm³/mol. The maximum Gasteiger partial charge on any atom is 0.345 e. The molecule has 0 saturated carbocycles. The van der Waals surface area contributed by atoms with Crippen LogP contribution >= 0.6 is 12.4 Å². The van der Waals surface area contributed by atoms with Crippen molar-refractivity contribution in [2.75, 3.05) is 0 Å². The Morgan fingerprint density at radius 2 is 1.94 bits per heavy atom. The highest BCUT2D eigenvalue weighted by Gasteiger charge is 2.16. The van der Waals surface area contributed by atoms with Crippen molar-refractivity contribution >= 4 is 24.3 Å². The number of hydrogen-bond donors (Lipinski definition) is 2. The molecule has 3 N–H and O–H groups in total. The van der Waals surface area contributed by atoms with E-state index in [4.69, 9.17) is 10.5 Å². The topological polar surface area (TPSA) is 111 Å². The van der Waals surface area contributed by atoms with Gasteiger partial charge in [0.25, 0.3) is 11.8 Å². The largest absolute Gasteiger partial charge is 0.401 e. The fourth-order valence-corrected chi connectivity index (χ4v) is 1.17. The summed E-state index contributed by atoms with van der Waals surface area (Å²) >= 11 is 0. The number of aromatic nitrogens is 3. The van der Waals surface area contributed by atoms with E-state index in [1.165, 1.54) is 30.9 Å². The molecule has 7 nitrogen and oxygen atoms in total. The molecule has 0 fully saturated rings. The summed E-state index contributed by atoms with van der Waals surface area (Å²) in [5.41, 5.74) is 5.32. The second-order valence-electron chi connectivity index (χ2n) is 3.07. The first-order valence-corrected chi connectivity index (χ1v) is 4.64. The number of halogens is 1. The maximum absolute atomic E-state index is 11.6. The highest BCUT2D eigenvalue weighted by atomic mass is 35.5. The molecule has 18 heavy (non-hydrogen) atoms. The lowest BCUT2D eigenvalue weighted by molar-refractivity contribution is 0.0726. The number of H-pyrrole nitrogens is 1. The summed E-state index contributed by atoms with van der Waals surface area (Å²) in [5, 5.41) is 0. The zero-order valence-electron chi connectivity index (χ0n) is 8.99. The number of imidazole rings is 1. The Bertz CT molecular complexity index is 555. The summed E-state index contributed by atoms with van der Waals surface area (Å²) in [5.74, 6) is -1.53. The average Bonchev–Trinajstić information content (AvgIpc) is 2.78. The van der Waals surface area contributed by atoms with E-state index in [0.29, 0.717) is 5.56 Å². The molecule has 0 aliphatic rings. The number of ether oxygens (including phenoxy) is 1. The van der Waals surface area contributed by atoms with E-state index in [1.54, 1.807) is 0 Å². The Hall–Kier alpha value is -2.41. The second-order valence-corrected chi connectivity index (χ2v) is 3.07. The van der Waals surface area contributed by atoms with E-state index >= 15 is 0 Å². The standard InChI is InChI=1S/C10H8N4O3.ClH/c11-8(15)7-9(14-5-13-7)17-10(16)6-1-3-12-4-2-6;/h1-5H,(H2,11,15)(H,13,14);1H. The summed E-state index contributed by atoms with van der Waals surface area (Å²) in [4.78, 5) is 32.5. The molecule has 0 spiro atoms. The molecule has 2 aromatic rings. The number of nitrogens with one attached hydrogen (secondary N) is 1. The first kappa shape index (κ1) is 13.7. The lowest BCUT2D eigenvalue weighted by Crippen LogP contribution is -2.16. The first-order valence-electron chi connectivity index (χ1n) is 4.64. The Morgan fingerprint density at radius 1 is 1.28 bits per heavy atom. The van der Waals surface area contributed by atoms with Crippen molar-refractivity contribution in [3.05, 3.63) is 42.1 Å². The smallest absolute Gasteiger partial charge is 0.345 e. The SMILES string of the molecule is Cl.NC(=O)c1[nH]cnc1OC(=O)c1ccncc1. The van der Waals surface area contributed by atoms with Crippen LogP contribution in [0.3, 0.4) is 0 Å². The zero-order chi connectivity index (χ0) is 12.3. The van der Waals surface area contributed by atoms with Crippen LogP contribution in [0.5, 0.6) is 5.88 Å². The van der Waals surface area contributed by atoms with Crippen molar-refractivity contribution < 1.29 is 14.3 Å². The fourth-order valence-electron chi connectivity index (χ4n) is 1.17. The number of nitrogens with two attached hydrogens (primary N) is 1. The summed E-state index contributed by atoms with van der Waals surface area (Å²) in [6, 6.07) is 2.97. The maximum atomic E-state index is 11.6. The third-order valence-electron chi connectivity index (χ3n) is 1.96. The van der Waals surface area contributed by atoms with E-state index in [2.05, 4.69) is 15.0 Å². The Balaban J connectivity index is 0.00000162. The molecule has 8 heteroatoms. The predicted octanol–water partition coefficient (Wildman–Crippen LogP) is 0.545. The van der Waals surface area contributed by atoms with Gasteiger partial charge in [-0.1, -0.05) is 0 Å². The van der Waals surface area contributed by atoms with Gasteiger partial charge < -0.3 is 15.5 Å². The van der Waals surface area contributed by atoms with Crippen molar-refractivity contribution in [2.45, 2.75) is 0 Å². The van der Waals surface area contributed by atoms with Crippen LogP contribution in [0, 0.1) is 0 Å². The zero-order valence-corrected chi connectivity index (χ0v) is 9.81. The molecule has 0 unspecified atom stereocenters. The summed E-state index contributed by atoms with van der Waals surface area (Å²) in [6.07, 6.45) is 4.13. The molecule has 1 amide bonds. The van der Waals surface area contributed by atoms with Gasteiger partial charge in [-0.3, -0.25) is 9.78 Å². The van der Waals surface area contributed by atoms with Crippen LogP contribution in [0.2, 0.25) is 0 Å². The monoisotopic (exact) mass is 268 g/mol. The van der Waals surface area contributed by atoms with Crippen molar-refractivity contribution in [3.63, 3.8) is 0 Å². The summed E-state index contributed by atoms with van der Waals surface area (Å²) in [6.45, 7) is 0. The number of carbonyl (C=O) groups excluding carboxylic acids is 2. The summed E-state index contributed by atoms with van der Waals surface area (Å²) < 4.78 is 4.92. The van der Waals surface area contributed by atoms with Crippen LogP contribution in [-0.2, 0) is 0 Å². The van der Waals surface area contributed by atoms with Gasteiger partial charge in [-0.05, 0) is 12.1 Å². The average molecular weight is 269 g/mol. The number of aromatic amines is 1. The van der Waals surface area contributed by atoms with Gasteiger partial charge in [0.05, 0.1) is 11.9 Å². The molecule has 2 rings (SSSR count). The number of amides is 1. The normalized spacial score (nSPS) is 9.33. The van der Waals surface area contributed by atoms with Gasteiger partial charge in [0.1, 0.15) is 0 Å².